The van der Waals surface area contributed by atoms with Crippen molar-refractivity contribution in [2.24, 2.45) is 5.84 Å². The number of benzene rings is 2. The fourth-order valence-electron chi connectivity index (χ4n) is 2.54. The Labute approximate surface area is 150 Å². The molecule has 0 aliphatic carbocycles. The van der Waals surface area contributed by atoms with Gasteiger partial charge in [0.25, 0.3) is 5.91 Å². The van der Waals surface area contributed by atoms with E-state index in [1.165, 1.54) is 11.6 Å². The Balaban J connectivity index is 1.87. The summed E-state index contributed by atoms with van der Waals surface area (Å²) in [6, 6.07) is 13.2. The molecule has 0 radical (unpaired) electrons. The van der Waals surface area contributed by atoms with Crippen molar-refractivity contribution in [1.82, 2.24) is 5.43 Å². The Morgan fingerprint density at radius 3 is 2.42 bits per heavy atom. The van der Waals surface area contributed by atoms with Crippen LogP contribution in [-0.4, -0.2) is 12.5 Å². The van der Waals surface area contributed by atoms with E-state index in [2.05, 4.69) is 0 Å². The summed E-state index contributed by atoms with van der Waals surface area (Å²) in [5.74, 6) is 3.89. The average Bonchev–Trinajstić information content (AvgIpc) is 2.64. The van der Waals surface area contributed by atoms with Crippen molar-refractivity contribution in [3.05, 3.63) is 65.2 Å². The number of halogens is 3. The zero-order chi connectivity index (χ0) is 19.0. The van der Waals surface area contributed by atoms with Crippen LogP contribution in [0.1, 0.15) is 40.7 Å². The van der Waals surface area contributed by atoms with Crippen molar-refractivity contribution in [3.8, 4) is 5.75 Å². The highest BCUT2D eigenvalue weighted by molar-refractivity contribution is 5.94. The van der Waals surface area contributed by atoms with E-state index in [0.29, 0.717) is 6.42 Å². The van der Waals surface area contributed by atoms with Gasteiger partial charge >= 0.3 is 6.18 Å². The molecular formula is C19H21F3N2O2. The molecule has 140 valence electrons. The lowest BCUT2D eigenvalue weighted by Gasteiger charge is -2.15. The van der Waals surface area contributed by atoms with Gasteiger partial charge in [0.2, 0.25) is 0 Å². The second kappa shape index (κ2) is 9.24. The molecule has 26 heavy (non-hydrogen) atoms. The lowest BCUT2D eigenvalue weighted by atomic mass is 10.1. The van der Waals surface area contributed by atoms with E-state index in [1.54, 1.807) is 0 Å². The molecule has 0 aromatic heterocycles. The minimum atomic E-state index is -4.62. The number of amides is 1. The van der Waals surface area contributed by atoms with Gasteiger partial charge in [-0.05, 0) is 49.4 Å². The number of alkyl halides is 3. The number of ether oxygens (including phenoxy) is 1. The Bertz CT molecular complexity index is 718. The summed E-state index contributed by atoms with van der Waals surface area (Å²) in [5, 5.41) is 0. The van der Waals surface area contributed by atoms with Gasteiger partial charge < -0.3 is 4.74 Å². The number of hydrogen-bond acceptors (Lipinski definition) is 3. The maximum Gasteiger partial charge on any atom is 0.419 e. The molecule has 2 aromatic carbocycles. The largest absolute Gasteiger partial charge is 0.493 e. The van der Waals surface area contributed by atoms with Crippen LogP contribution in [-0.2, 0) is 12.6 Å². The van der Waals surface area contributed by atoms with E-state index in [-0.39, 0.29) is 17.9 Å². The zero-order valence-electron chi connectivity index (χ0n) is 14.2. The third-order valence-corrected chi connectivity index (χ3v) is 3.89. The lowest BCUT2D eigenvalue weighted by molar-refractivity contribution is -0.139. The van der Waals surface area contributed by atoms with Crippen LogP contribution < -0.4 is 16.0 Å². The van der Waals surface area contributed by atoms with Crippen LogP contribution in [0.3, 0.4) is 0 Å². The van der Waals surface area contributed by atoms with E-state index in [1.807, 2.05) is 35.8 Å². The zero-order valence-corrected chi connectivity index (χ0v) is 14.2. The molecule has 0 aliphatic rings. The monoisotopic (exact) mass is 366 g/mol. The summed E-state index contributed by atoms with van der Waals surface area (Å²) >= 11 is 0. The Hall–Kier alpha value is -2.54. The van der Waals surface area contributed by atoms with E-state index in [9.17, 15) is 18.0 Å². The summed E-state index contributed by atoms with van der Waals surface area (Å²) < 4.78 is 44.8. The number of nitrogens with one attached hydrogen (secondary N) is 1. The molecule has 0 spiro atoms. The number of hydrogen-bond donors (Lipinski definition) is 2. The molecule has 1 amide bonds. The Morgan fingerprint density at radius 1 is 1.04 bits per heavy atom. The van der Waals surface area contributed by atoms with Gasteiger partial charge in [-0.15, -0.1) is 0 Å². The van der Waals surface area contributed by atoms with Gasteiger partial charge in [-0.3, -0.25) is 10.2 Å². The van der Waals surface area contributed by atoms with Gasteiger partial charge in [0, 0.05) is 5.56 Å². The number of nitrogens with two attached hydrogens (primary N) is 1. The van der Waals surface area contributed by atoms with Crippen LogP contribution >= 0.6 is 0 Å². The minimum absolute atomic E-state index is 0.171. The average molecular weight is 366 g/mol. The molecule has 4 nitrogen and oxygen atoms in total. The minimum Gasteiger partial charge on any atom is -0.493 e. The molecule has 0 saturated heterocycles. The number of rotatable bonds is 8. The van der Waals surface area contributed by atoms with E-state index in [0.717, 1.165) is 31.4 Å². The number of carbonyl (C=O) groups is 1. The molecule has 0 bridgehead atoms. The van der Waals surface area contributed by atoms with Gasteiger partial charge in [0.05, 0.1) is 12.2 Å². The first kappa shape index (κ1) is 19.8. The summed E-state index contributed by atoms with van der Waals surface area (Å²) in [4.78, 5) is 11.4. The molecule has 0 heterocycles. The molecule has 0 unspecified atom stereocenters. The summed E-state index contributed by atoms with van der Waals surface area (Å²) in [6.45, 7) is 0.181. The fraction of sp³-hybridized carbons (Fsp3) is 0.316. The quantitative estimate of drug-likeness (QED) is 0.320. The molecule has 0 aliphatic heterocycles. The van der Waals surface area contributed by atoms with Gasteiger partial charge in [-0.25, -0.2) is 5.84 Å². The Kier molecular flexibility index (Phi) is 7.03. The summed E-state index contributed by atoms with van der Waals surface area (Å²) in [7, 11) is 0. The Morgan fingerprint density at radius 2 is 1.77 bits per heavy atom. The first-order valence-electron chi connectivity index (χ1n) is 8.30. The predicted octanol–water partition coefficient (Wildman–Crippen LogP) is 4.10. The van der Waals surface area contributed by atoms with Gasteiger partial charge in [-0.1, -0.05) is 30.3 Å². The third-order valence-electron chi connectivity index (χ3n) is 3.89. The second-order valence-corrected chi connectivity index (χ2v) is 5.83. The van der Waals surface area contributed by atoms with Crippen molar-refractivity contribution in [1.29, 1.82) is 0 Å². The molecule has 2 aromatic rings. The van der Waals surface area contributed by atoms with Crippen LogP contribution in [0.5, 0.6) is 5.75 Å². The van der Waals surface area contributed by atoms with Crippen LogP contribution in [0.4, 0.5) is 13.2 Å². The molecule has 0 fully saturated rings. The number of carbonyl (C=O) groups excluding carboxylic acids is 1. The normalized spacial score (nSPS) is 11.2. The third kappa shape index (κ3) is 5.77. The first-order chi connectivity index (χ1) is 12.4. The highest BCUT2D eigenvalue weighted by Crippen LogP contribution is 2.37. The van der Waals surface area contributed by atoms with Crippen LogP contribution in [0.15, 0.2) is 48.5 Å². The molecule has 0 atom stereocenters. The summed E-state index contributed by atoms with van der Waals surface area (Å²) in [5.41, 5.74) is 1.89. The van der Waals surface area contributed by atoms with E-state index >= 15 is 0 Å². The van der Waals surface area contributed by atoms with Crippen LogP contribution in [0, 0.1) is 0 Å². The SMILES string of the molecule is NNC(=O)c1ccc(OCCCCCc2ccccc2)c(C(F)(F)F)c1. The highest BCUT2D eigenvalue weighted by Gasteiger charge is 2.35. The molecule has 3 N–H and O–H groups in total. The van der Waals surface area contributed by atoms with Gasteiger partial charge in [0.15, 0.2) is 0 Å². The predicted molar refractivity (Wildman–Crippen MR) is 92.6 cm³/mol. The van der Waals surface area contributed by atoms with Crippen molar-refractivity contribution >= 4 is 5.91 Å². The lowest BCUT2D eigenvalue weighted by Crippen LogP contribution is -2.30. The number of hydrazine groups is 1. The van der Waals surface area contributed by atoms with Crippen molar-refractivity contribution in [2.45, 2.75) is 31.9 Å². The molecule has 7 heteroatoms. The van der Waals surface area contributed by atoms with Crippen molar-refractivity contribution in [3.63, 3.8) is 0 Å². The maximum atomic E-state index is 13.2. The van der Waals surface area contributed by atoms with E-state index < -0.39 is 17.6 Å². The number of unbranched alkanes of at least 4 members (excludes halogenated alkanes) is 2. The highest BCUT2D eigenvalue weighted by atomic mass is 19.4. The standard InChI is InChI=1S/C19H21F3N2O2/c20-19(21,22)16-13-15(18(25)24-23)10-11-17(16)26-12-6-2-5-9-14-7-3-1-4-8-14/h1,3-4,7-8,10-11,13H,2,5-6,9,12,23H2,(H,24,25). The van der Waals surface area contributed by atoms with Crippen LogP contribution in [0.25, 0.3) is 0 Å². The van der Waals surface area contributed by atoms with Crippen molar-refractivity contribution < 1.29 is 22.7 Å². The van der Waals surface area contributed by atoms with Crippen LogP contribution in [0.2, 0.25) is 0 Å². The fourth-order valence-corrected chi connectivity index (χ4v) is 2.54. The number of aryl methyl sites for hydroxylation is 1. The first-order valence-corrected chi connectivity index (χ1v) is 8.30. The maximum absolute atomic E-state index is 13.2. The topological polar surface area (TPSA) is 64.3 Å². The molecule has 0 saturated carbocycles. The smallest absolute Gasteiger partial charge is 0.419 e. The number of nitrogen functional groups attached to an aromatic ring is 1. The van der Waals surface area contributed by atoms with Crippen molar-refractivity contribution in [2.75, 3.05) is 6.61 Å². The summed E-state index contributed by atoms with van der Waals surface area (Å²) in [6.07, 6.45) is -1.25. The molecule has 2 rings (SSSR count). The van der Waals surface area contributed by atoms with Gasteiger partial charge in [-0.2, -0.15) is 13.2 Å². The second-order valence-electron chi connectivity index (χ2n) is 5.83. The van der Waals surface area contributed by atoms with E-state index in [4.69, 9.17) is 10.6 Å². The van der Waals surface area contributed by atoms with Gasteiger partial charge in [0.1, 0.15) is 5.75 Å². The molecular weight excluding hydrogens is 345 g/mol.